The maximum absolute atomic E-state index is 13.7. The molecular weight excluding hydrogens is 327 g/mol. The number of nitrogens with one attached hydrogen (secondary N) is 1. The Morgan fingerprint density at radius 2 is 1.96 bits per heavy atom. The first kappa shape index (κ1) is 18.4. The standard InChI is InChI=1S/C22H27FN2O/c1-16-6-5-13-25(15-16)20-11-9-18(10-12-20)17(2)24-22(26)14-19-7-3-4-8-21(19)23/h3-4,7-12,16-17H,5-6,13-15H2,1-2H3,(H,24,26)/t16-,17-/m1/s1. The molecule has 2 aromatic rings. The SMILES string of the molecule is C[C@@H]1CCCN(c2ccc([C@@H](C)NC(=O)Cc3ccccc3F)cc2)C1. The summed E-state index contributed by atoms with van der Waals surface area (Å²) >= 11 is 0. The van der Waals surface area contributed by atoms with Crippen LogP contribution in [0.25, 0.3) is 0 Å². The number of amides is 1. The van der Waals surface area contributed by atoms with Crippen molar-refractivity contribution in [1.82, 2.24) is 5.32 Å². The summed E-state index contributed by atoms with van der Waals surface area (Å²) in [4.78, 5) is 14.6. The van der Waals surface area contributed by atoms with Crippen LogP contribution in [0.3, 0.4) is 0 Å². The molecule has 26 heavy (non-hydrogen) atoms. The first-order valence-corrected chi connectivity index (χ1v) is 9.40. The zero-order chi connectivity index (χ0) is 18.5. The van der Waals surface area contributed by atoms with Gasteiger partial charge in [0.2, 0.25) is 5.91 Å². The van der Waals surface area contributed by atoms with Gasteiger partial charge in [-0.15, -0.1) is 0 Å². The molecule has 1 amide bonds. The molecule has 0 bridgehead atoms. The quantitative estimate of drug-likeness (QED) is 0.858. The highest BCUT2D eigenvalue weighted by atomic mass is 19.1. The lowest BCUT2D eigenvalue weighted by Crippen LogP contribution is -2.34. The topological polar surface area (TPSA) is 32.3 Å². The second-order valence-electron chi connectivity index (χ2n) is 7.34. The van der Waals surface area contributed by atoms with Gasteiger partial charge in [-0.25, -0.2) is 4.39 Å². The Morgan fingerprint density at radius 3 is 2.65 bits per heavy atom. The first-order valence-electron chi connectivity index (χ1n) is 9.40. The van der Waals surface area contributed by atoms with E-state index >= 15 is 0 Å². The van der Waals surface area contributed by atoms with Crippen molar-refractivity contribution in [3.8, 4) is 0 Å². The zero-order valence-corrected chi connectivity index (χ0v) is 15.5. The molecule has 0 unspecified atom stereocenters. The summed E-state index contributed by atoms with van der Waals surface area (Å²) < 4.78 is 13.7. The van der Waals surface area contributed by atoms with Gasteiger partial charge in [-0.1, -0.05) is 37.3 Å². The summed E-state index contributed by atoms with van der Waals surface area (Å²) in [5, 5.41) is 2.96. The largest absolute Gasteiger partial charge is 0.371 e. The number of carbonyl (C=O) groups is 1. The van der Waals surface area contributed by atoms with Gasteiger partial charge >= 0.3 is 0 Å². The van der Waals surface area contributed by atoms with Gasteiger partial charge in [-0.3, -0.25) is 4.79 Å². The predicted octanol–water partition coefficient (Wildman–Crippen LogP) is 4.48. The number of rotatable bonds is 5. The summed E-state index contributed by atoms with van der Waals surface area (Å²) in [7, 11) is 0. The van der Waals surface area contributed by atoms with Crippen molar-refractivity contribution in [2.75, 3.05) is 18.0 Å². The molecule has 1 N–H and O–H groups in total. The highest BCUT2D eigenvalue weighted by Gasteiger charge is 2.17. The summed E-state index contributed by atoms with van der Waals surface area (Å²) in [6.07, 6.45) is 2.60. The van der Waals surface area contributed by atoms with E-state index in [1.54, 1.807) is 18.2 Å². The minimum absolute atomic E-state index is 0.0563. The Morgan fingerprint density at radius 1 is 1.23 bits per heavy atom. The molecule has 1 fully saturated rings. The van der Waals surface area contributed by atoms with Crippen LogP contribution in [0.1, 0.15) is 43.9 Å². The molecule has 0 spiro atoms. The van der Waals surface area contributed by atoms with Crippen molar-refractivity contribution in [1.29, 1.82) is 0 Å². The lowest BCUT2D eigenvalue weighted by molar-refractivity contribution is -0.121. The minimum Gasteiger partial charge on any atom is -0.371 e. The average Bonchev–Trinajstić information content (AvgIpc) is 2.64. The molecule has 3 nitrogen and oxygen atoms in total. The maximum Gasteiger partial charge on any atom is 0.225 e. The second kappa shape index (κ2) is 8.35. The lowest BCUT2D eigenvalue weighted by Gasteiger charge is -2.33. The van der Waals surface area contributed by atoms with Gasteiger partial charge in [0, 0.05) is 18.8 Å². The lowest BCUT2D eigenvalue weighted by atomic mass is 9.99. The third kappa shape index (κ3) is 4.63. The van der Waals surface area contributed by atoms with Crippen molar-refractivity contribution >= 4 is 11.6 Å². The maximum atomic E-state index is 13.7. The summed E-state index contributed by atoms with van der Waals surface area (Å²) in [5.74, 6) is 0.229. The molecule has 1 saturated heterocycles. The average molecular weight is 354 g/mol. The number of anilines is 1. The number of benzene rings is 2. The van der Waals surface area contributed by atoms with Gasteiger partial charge in [0.05, 0.1) is 12.5 Å². The monoisotopic (exact) mass is 354 g/mol. The Hall–Kier alpha value is -2.36. The molecule has 3 rings (SSSR count). The van der Waals surface area contributed by atoms with Crippen LogP contribution in [-0.2, 0) is 11.2 Å². The fourth-order valence-corrected chi connectivity index (χ4v) is 3.59. The van der Waals surface area contributed by atoms with Gasteiger partial charge in [-0.2, -0.15) is 0 Å². The third-order valence-electron chi connectivity index (χ3n) is 5.10. The van der Waals surface area contributed by atoms with Crippen molar-refractivity contribution in [2.45, 2.75) is 39.2 Å². The first-order chi connectivity index (χ1) is 12.5. The molecule has 4 heteroatoms. The molecule has 138 valence electrons. The van der Waals surface area contributed by atoms with Gasteiger partial charge in [0.15, 0.2) is 0 Å². The van der Waals surface area contributed by atoms with Crippen LogP contribution in [0, 0.1) is 11.7 Å². The molecule has 1 aliphatic heterocycles. The summed E-state index contributed by atoms with van der Waals surface area (Å²) in [6, 6.07) is 14.7. The number of halogens is 1. The fraction of sp³-hybridized carbons (Fsp3) is 0.409. The number of piperidine rings is 1. The molecule has 0 aliphatic carbocycles. The fourth-order valence-electron chi connectivity index (χ4n) is 3.59. The van der Waals surface area contributed by atoms with Gasteiger partial charge in [0.25, 0.3) is 0 Å². The van der Waals surface area contributed by atoms with Crippen LogP contribution in [0.15, 0.2) is 48.5 Å². The smallest absolute Gasteiger partial charge is 0.225 e. The van der Waals surface area contributed by atoms with Crippen LogP contribution < -0.4 is 10.2 Å². The van der Waals surface area contributed by atoms with Gasteiger partial charge in [0.1, 0.15) is 5.82 Å². The highest BCUT2D eigenvalue weighted by molar-refractivity contribution is 5.79. The van der Waals surface area contributed by atoms with Gasteiger partial charge < -0.3 is 10.2 Å². The zero-order valence-electron chi connectivity index (χ0n) is 15.5. The van der Waals surface area contributed by atoms with Crippen molar-refractivity contribution in [3.63, 3.8) is 0 Å². The molecular formula is C22H27FN2O. The van der Waals surface area contributed by atoms with E-state index in [0.717, 1.165) is 24.6 Å². The molecule has 2 aromatic carbocycles. The molecule has 0 radical (unpaired) electrons. The molecule has 0 aromatic heterocycles. The van der Waals surface area contributed by atoms with Crippen molar-refractivity contribution in [3.05, 3.63) is 65.5 Å². The number of carbonyl (C=O) groups excluding carboxylic acids is 1. The molecule has 2 atom stereocenters. The van der Waals surface area contributed by atoms with Crippen LogP contribution in [0.5, 0.6) is 0 Å². The molecule has 0 saturated carbocycles. The predicted molar refractivity (Wildman–Crippen MR) is 104 cm³/mol. The third-order valence-corrected chi connectivity index (χ3v) is 5.10. The Balaban J connectivity index is 1.58. The van der Waals surface area contributed by atoms with E-state index in [0.29, 0.717) is 5.56 Å². The van der Waals surface area contributed by atoms with E-state index in [4.69, 9.17) is 0 Å². The number of hydrogen-bond donors (Lipinski definition) is 1. The number of nitrogens with zero attached hydrogens (tertiary/aromatic N) is 1. The minimum atomic E-state index is -0.338. The second-order valence-corrected chi connectivity index (χ2v) is 7.34. The molecule has 1 heterocycles. The van der Waals surface area contributed by atoms with Crippen molar-refractivity contribution < 1.29 is 9.18 Å². The number of hydrogen-bond acceptors (Lipinski definition) is 2. The van der Waals surface area contributed by atoms with E-state index in [1.807, 2.05) is 6.92 Å². The van der Waals surface area contributed by atoms with Gasteiger partial charge in [-0.05, 0) is 55.0 Å². The normalized spacial score (nSPS) is 18.4. The van der Waals surface area contributed by atoms with E-state index in [2.05, 4.69) is 41.4 Å². The Kier molecular flexibility index (Phi) is 5.92. The van der Waals surface area contributed by atoms with Crippen LogP contribution in [-0.4, -0.2) is 19.0 Å². The van der Waals surface area contributed by atoms with E-state index in [-0.39, 0.29) is 24.2 Å². The highest BCUT2D eigenvalue weighted by Crippen LogP contribution is 2.24. The van der Waals surface area contributed by atoms with Crippen LogP contribution >= 0.6 is 0 Å². The van der Waals surface area contributed by atoms with E-state index < -0.39 is 0 Å². The Labute approximate surface area is 155 Å². The molecule has 1 aliphatic rings. The summed E-state index contributed by atoms with van der Waals surface area (Å²) in [6.45, 7) is 6.47. The van der Waals surface area contributed by atoms with Crippen LogP contribution in [0.2, 0.25) is 0 Å². The van der Waals surface area contributed by atoms with Crippen LogP contribution in [0.4, 0.5) is 10.1 Å². The Bertz CT molecular complexity index is 744. The summed E-state index contributed by atoms with van der Waals surface area (Å²) in [5.41, 5.74) is 2.72. The van der Waals surface area contributed by atoms with E-state index in [1.165, 1.54) is 24.6 Å². The van der Waals surface area contributed by atoms with Crippen molar-refractivity contribution in [2.24, 2.45) is 5.92 Å². The van der Waals surface area contributed by atoms with E-state index in [9.17, 15) is 9.18 Å².